The van der Waals surface area contributed by atoms with Crippen molar-refractivity contribution in [1.82, 2.24) is 4.98 Å². The minimum atomic E-state index is -4.86. The van der Waals surface area contributed by atoms with Gasteiger partial charge in [0.05, 0.1) is 0 Å². The zero-order valence-electron chi connectivity index (χ0n) is 7.75. The minimum absolute atomic E-state index is 0.260. The fourth-order valence-electron chi connectivity index (χ4n) is 0.861. The van der Waals surface area contributed by atoms with Crippen LogP contribution >= 0.6 is 11.3 Å². The molecule has 16 heavy (non-hydrogen) atoms. The molecular formula is C7H5F3N2O3S. The molecule has 0 radical (unpaired) electrons. The number of halogens is 3. The molecule has 0 aromatic carbocycles. The first-order valence-corrected chi connectivity index (χ1v) is 4.62. The van der Waals surface area contributed by atoms with Gasteiger partial charge in [0, 0.05) is 6.92 Å². The molecule has 1 rings (SSSR count). The summed E-state index contributed by atoms with van der Waals surface area (Å²) in [6, 6.07) is 0. The molecule has 1 aromatic rings. The number of carboxylic acids is 1. The average Bonchev–Trinajstić information content (AvgIpc) is 2.45. The fraction of sp³-hybridized carbons (Fsp3) is 0.286. The SMILES string of the molecule is CC(=O)Nc1nc(C(F)(F)F)c(C(=O)O)s1. The molecule has 0 saturated heterocycles. The van der Waals surface area contributed by atoms with Gasteiger partial charge in [-0.2, -0.15) is 13.2 Å². The van der Waals surface area contributed by atoms with Crippen LogP contribution in [0.1, 0.15) is 22.3 Å². The van der Waals surface area contributed by atoms with Gasteiger partial charge in [-0.25, -0.2) is 9.78 Å². The molecule has 1 aromatic heterocycles. The van der Waals surface area contributed by atoms with Crippen LogP contribution in [0.2, 0.25) is 0 Å². The smallest absolute Gasteiger partial charge is 0.435 e. The minimum Gasteiger partial charge on any atom is -0.477 e. The number of thiazole rings is 1. The number of carbonyl (C=O) groups is 2. The molecule has 0 aliphatic heterocycles. The molecule has 1 heterocycles. The number of aromatic nitrogens is 1. The van der Waals surface area contributed by atoms with Crippen molar-refractivity contribution in [3.63, 3.8) is 0 Å². The maximum absolute atomic E-state index is 12.3. The summed E-state index contributed by atoms with van der Waals surface area (Å²) < 4.78 is 37.0. The summed E-state index contributed by atoms with van der Waals surface area (Å²) >= 11 is 0.260. The number of nitrogens with one attached hydrogen (secondary N) is 1. The molecule has 0 saturated carbocycles. The van der Waals surface area contributed by atoms with Crippen LogP contribution in [0.4, 0.5) is 18.3 Å². The number of anilines is 1. The van der Waals surface area contributed by atoms with Gasteiger partial charge in [-0.3, -0.25) is 4.79 Å². The molecule has 9 heteroatoms. The lowest BCUT2D eigenvalue weighted by Crippen LogP contribution is -2.12. The van der Waals surface area contributed by atoms with E-state index in [0.717, 1.165) is 6.92 Å². The van der Waals surface area contributed by atoms with E-state index in [2.05, 4.69) is 4.98 Å². The first-order valence-electron chi connectivity index (χ1n) is 3.80. The lowest BCUT2D eigenvalue weighted by molar-refractivity contribution is -0.141. The molecular weight excluding hydrogens is 249 g/mol. The van der Waals surface area contributed by atoms with E-state index in [1.807, 2.05) is 5.32 Å². The van der Waals surface area contributed by atoms with E-state index >= 15 is 0 Å². The standard InChI is InChI=1S/C7H5F3N2O3S/c1-2(13)11-6-12-4(7(8,9)10)3(16-6)5(14)15/h1H3,(H,14,15)(H,11,12,13). The third-order valence-corrected chi connectivity index (χ3v) is 2.33. The first kappa shape index (κ1) is 12.4. The topological polar surface area (TPSA) is 79.3 Å². The van der Waals surface area contributed by atoms with Gasteiger partial charge < -0.3 is 10.4 Å². The Kier molecular flexibility index (Phi) is 3.17. The van der Waals surface area contributed by atoms with E-state index in [-0.39, 0.29) is 11.3 Å². The summed E-state index contributed by atoms with van der Waals surface area (Å²) in [5.74, 6) is -2.36. The van der Waals surface area contributed by atoms with Crippen molar-refractivity contribution in [1.29, 1.82) is 0 Å². The molecule has 5 nitrogen and oxygen atoms in total. The number of carbonyl (C=O) groups excluding carboxylic acids is 1. The number of aromatic carboxylic acids is 1. The largest absolute Gasteiger partial charge is 0.477 e. The Morgan fingerprint density at radius 3 is 2.31 bits per heavy atom. The Balaban J connectivity index is 3.21. The van der Waals surface area contributed by atoms with Crippen molar-refractivity contribution in [2.45, 2.75) is 13.1 Å². The van der Waals surface area contributed by atoms with E-state index in [9.17, 15) is 22.8 Å². The summed E-state index contributed by atoms with van der Waals surface area (Å²) in [6.45, 7) is 1.08. The summed E-state index contributed by atoms with van der Waals surface area (Å²) in [5, 5.41) is 10.1. The summed E-state index contributed by atoms with van der Waals surface area (Å²) in [4.78, 5) is 23.2. The highest BCUT2D eigenvalue weighted by atomic mass is 32.1. The van der Waals surface area contributed by atoms with Crippen LogP contribution in [-0.2, 0) is 11.0 Å². The second kappa shape index (κ2) is 4.08. The highest BCUT2D eigenvalue weighted by Crippen LogP contribution is 2.35. The molecule has 2 N–H and O–H groups in total. The Bertz CT molecular complexity index is 441. The van der Waals surface area contributed by atoms with Gasteiger partial charge in [0.2, 0.25) is 5.91 Å². The van der Waals surface area contributed by atoms with Gasteiger partial charge in [0.25, 0.3) is 0 Å². The molecule has 0 unspecified atom stereocenters. The number of nitrogens with zero attached hydrogens (tertiary/aromatic N) is 1. The predicted molar refractivity (Wildman–Crippen MR) is 48.4 cm³/mol. The molecule has 1 amide bonds. The first-order chi connectivity index (χ1) is 7.21. The predicted octanol–water partition coefficient (Wildman–Crippen LogP) is 1.82. The van der Waals surface area contributed by atoms with E-state index in [1.54, 1.807) is 0 Å². The lowest BCUT2D eigenvalue weighted by Gasteiger charge is -2.02. The zero-order chi connectivity index (χ0) is 12.5. The molecule has 0 fully saturated rings. The summed E-state index contributed by atoms with van der Waals surface area (Å²) in [6.07, 6.45) is -4.86. The number of carboxylic acid groups (broad SMARTS) is 1. The number of hydrogen-bond acceptors (Lipinski definition) is 4. The third kappa shape index (κ3) is 2.69. The van der Waals surface area contributed by atoms with Crippen molar-refractivity contribution in [2.24, 2.45) is 0 Å². The highest BCUT2D eigenvalue weighted by molar-refractivity contribution is 7.17. The van der Waals surface area contributed by atoms with E-state index < -0.39 is 33.8 Å². The maximum Gasteiger partial charge on any atom is 0.435 e. The van der Waals surface area contributed by atoms with Gasteiger partial charge in [0.15, 0.2) is 10.8 Å². The molecule has 0 aliphatic rings. The highest BCUT2D eigenvalue weighted by Gasteiger charge is 2.39. The monoisotopic (exact) mass is 254 g/mol. The zero-order valence-corrected chi connectivity index (χ0v) is 8.57. The van der Waals surface area contributed by atoms with Gasteiger partial charge in [-0.1, -0.05) is 11.3 Å². The average molecular weight is 254 g/mol. The normalized spacial score (nSPS) is 11.2. The Morgan fingerprint density at radius 2 is 2.00 bits per heavy atom. The molecule has 0 atom stereocenters. The van der Waals surface area contributed by atoms with Gasteiger partial charge in [-0.05, 0) is 0 Å². The van der Waals surface area contributed by atoms with Crippen molar-refractivity contribution in [2.75, 3.05) is 5.32 Å². The maximum atomic E-state index is 12.3. The van der Waals surface area contributed by atoms with Gasteiger partial charge >= 0.3 is 12.1 Å². The van der Waals surface area contributed by atoms with E-state index in [0.29, 0.717) is 0 Å². The van der Waals surface area contributed by atoms with Crippen molar-refractivity contribution in [3.8, 4) is 0 Å². The van der Waals surface area contributed by atoms with Crippen LogP contribution in [-0.4, -0.2) is 22.0 Å². The van der Waals surface area contributed by atoms with Gasteiger partial charge in [0.1, 0.15) is 4.88 Å². The molecule has 0 bridgehead atoms. The Hall–Kier alpha value is -1.64. The number of hydrogen-bond donors (Lipinski definition) is 2. The van der Waals surface area contributed by atoms with E-state index in [4.69, 9.17) is 5.11 Å². The number of amides is 1. The number of rotatable bonds is 2. The van der Waals surface area contributed by atoms with Crippen LogP contribution in [0, 0.1) is 0 Å². The fourth-order valence-corrected chi connectivity index (χ4v) is 1.73. The summed E-state index contributed by atoms with van der Waals surface area (Å²) in [7, 11) is 0. The molecule has 0 spiro atoms. The summed E-state index contributed by atoms with van der Waals surface area (Å²) in [5.41, 5.74) is -1.51. The van der Waals surface area contributed by atoms with Crippen molar-refractivity contribution in [3.05, 3.63) is 10.6 Å². The quantitative estimate of drug-likeness (QED) is 0.843. The molecule has 0 aliphatic carbocycles. The molecule has 88 valence electrons. The second-order valence-corrected chi connectivity index (χ2v) is 3.68. The third-order valence-electron chi connectivity index (χ3n) is 1.37. The Morgan fingerprint density at radius 1 is 1.44 bits per heavy atom. The second-order valence-electron chi connectivity index (χ2n) is 2.68. The van der Waals surface area contributed by atoms with Crippen LogP contribution in [0.25, 0.3) is 0 Å². The van der Waals surface area contributed by atoms with Crippen molar-refractivity contribution < 1.29 is 27.9 Å². The van der Waals surface area contributed by atoms with Crippen LogP contribution in [0.15, 0.2) is 0 Å². The number of alkyl halides is 3. The van der Waals surface area contributed by atoms with Crippen LogP contribution in [0.5, 0.6) is 0 Å². The van der Waals surface area contributed by atoms with Crippen LogP contribution in [0.3, 0.4) is 0 Å². The van der Waals surface area contributed by atoms with Gasteiger partial charge in [-0.15, -0.1) is 0 Å². The lowest BCUT2D eigenvalue weighted by atomic mass is 10.3. The van der Waals surface area contributed by atoms with Crippen LogP contribution < -0.4 is 5.32 Å². The Labute approximate surface area is 90.9 Å². The van der Waals surface area contributed by atoms with E-state index in [1.165, 1.54) is 0 Å². The van der Waals surface area contributed by atoms with Crippen molar-refractivity contribution >= 4 is 28.3 Å².